The van der Waals surface area contributed by atoms with Crippen molar-refractivity contribution in [2.75, 3.05) is 26.8 Å². The van der Waals surface area contributed by atoms with Gasteiger partial charge in [-0.05, 0) is 19.4 Å². The number of carbonyl (C=O) groups excluding carboxylic acids is 2. The molecule has 0 spiro atoms. The van der Waals surface area contributed by atoms with Gasteiger partial charge in [0.2, 0.25) is 11.8 Å². The molecule has 98 valence electrons. The van der Waals surface area contributed by atoms with Crippen LogP contribution in [-0.2, 0) is 14.3 Å². The molecule has 1 heterocycles. The number of hydrogen-bond donors (Lipinski definition) is 1. The Labute approximate surface area is 102 Å². The molecule has 0 aromatic rings. The molecular weight excluding hydrogens is 220 g/mol. The van der Waals surface area contributed by atoms with Crippen LogP contribution in [0.4, 0.5) is 0 Å². The van der Waals surface area contributed by atoms with E-state index in [0.29, 0.717) is 26.0 Å². The first kappa shape index (κ1) is 14.1. The molecular formula is C12H22N2O3. The number of likely N-dealkylation sites (tertiary alicyclic amines) is 1. The number of imide groups is 1. The molecule has 1 N–H and O–H groups in total. The number of nitrogens with zero attached hydrogens (tertiary/aromatic N) is 1. The van der Waals surface area contributed by atoms with Gasteiger partial charge >= 0.3 is 0 Å². The van der Waals surface area contributed by atoms with Gasteiger partial charge in [0.1, 0.15) is 0 Å². The SMILES string of the molecule is CCNC(COC)CN1C(=O)CCCCC1=O. The van der Waals surface area contributed by atoms with E-state index in [1.165, 1.54) is 4.90 Å². The molecule has 5 heteroatoms. The van der Waals surface area contributed by atoms with Gasteiger partial charge in [0.05, 0.1) is 6.61 Å². The van der Waals surface area contributed by atoms with Gasteiger partial charge in [-0.15, -0.1) is 0 Å². The summed E-state index contributed by atoms with van der Waals surface area (Å²) >= 11 is 0. The molecule has 1 saturated heterocycles. The van der Waals surface area contributed by atoms with E-state index in [1.807, 2.05) is 6.92 Å². The summed E-state index contributed by atoms with van der Waals surface area (Å²) in [7, 11) is 1.62. The molecule has 0 radical (unpaired) electrons. The summed E-state index contributed by atoms with van der Waals surface area (Å²) in [6.07, 6.45) is 2.60. The van der Waals surface area contributed by atoms with Gasteiger partial charge in [-0.3, -0.25) is 14.5 Å². The van der Waals surface area contributed by atoms with Gasteiger partial charge in [-0.1, -0.05) is 6.92 Å². The van der Waals surface area contributed by atoms with Crippen LogP contribution >= 0.6 is 0 Å². The first-order valence-corrected chi connectivity index (χ1v) is 6.24. The normalized spacial score (nSPS) is 19.3. The van der Waals surface area contributed by atoms with Crippen LogP contribution < -0.4 is 5.32 Å². The minimum Gasteiger partial charge on any atom is -0.383 e. The highest BCUT2D eigenvalue weighted by Crippen LogP contribution is 2.13. The molecule has 1 aliphatic rings. The molecule has 1 unspecified atom stereocenters. The van der Waals surface area contributed by atoms with E-state index in [9.17, 15) is 9.59 Å². The van der Waals surface area contributed by atoms with Gasteiger partial charge in [0.15, 0.2) is 0 Å². The monoisotopic (exact) mass is 242 g/mol. The third-order valence-corrected chi connectivity index (χ3v) is 2.90. The summed E-state index contributed by atoms with van der Waals surface area (Å²) in [5.41, 5.74) is 0. The zero-order valence-electron chi connectivity index (χ0n) is 10.7. The van der Waals surface area contributed by atoms with Crippen LogP contribution in [0, 0.1) is 0 Å². The van der Waals surface area contributed by atoms with Crippen molar-refractivity contribution < 1.29 is 14.3 Å². The van der Waals surface area contributed by atoms with Crippen LogP contribution in [-0.4, -0.2) is 49.6 Å². The topological polar surface area (TPSA) is 58.6 Å². The lowest BCUT2D eigenvalue weighted by atomic mass is 10.2. The van der Waals surface area contributed by atoms with Gasteiger partial charge in [-0.25, -0.2) is 0 Å². The molecule has 0 aliphatic carbocycles. The number of rotatable bonds is 6. The molecule has 0 aromatic carbocycles. The van der Waals surface area contributed by atoms with Crippen LogP contribution in [0.2, 0.25) is 0 Å². The van der Waals surface area contributed by atoms with Crippen LogP contribution in [0.5, 0.6) is 0 Å². The largest absolute Gasteiger partial charge is 0.383 e. The first-order valence-electron chi connectivity index (χ1n) is 6.24. The smallest absolute Gasteiger partial charge is 0.229 e. The highest BCUT2D eigenvalue weighted by molar-refractivity contribution is 5.96. The van der Waals surface area contributed by atoms with E-state index in [1.54, 1.807) is 7.11 Å². The van der Waals surface area contributed by atoms with Crippen LogP contribution in [0.1, 0.15) is 32.6 Å². The summed E-state index contributed by atoms with van der Waals surface area (Å²) in [5, 5.41) is 3.22. The van der Waals surface area contributed by atoms with Gasteiger partial charge in [0.25, 0.3) is 0 Å². The maximum Gasteiger partial charge on any atom is 0.229 e. The third-order valence-electron chi connectivity index (χ3n) is 2.90. The number of methoxy groups -OCH3 is 1. The Bertz CT molecular complexity index is 244. The lowest BCUT2D eigenvalue weighted by Crippen LogP contribution is -2.47. The molecule has 17 heavy (non-hydrogen) atoms. The minimum atomic E-state index is -0.0495. The van der Waals surface area contributed by atoms with Crippen molar-refractivity contribution in [3.05, 3.63) is 0 Å². The molecule has 0 bridgehead atoms. The molecule has 1 aliphatic heterocycles. The fraction of sp³-hybridized carbons (Fsp3) is 0.833. The van der Waals surface area contributed by atoms with Crippen LogP contribution in [0.3, 0.4) is 0 Å². The highest BCUT2D eigenvalue weighted by Gasteiger charge is 2.26. The van der Waals surface area contributed by atoms with E-state index in [-0.39, 0.29) is 17.9 Å². The van der Waals surface area contributed by atoms with Crippen molar-refractivity contribution >= 4 is 11.8 Å². The van der Waals surface area contributed by atoms with Gasteiger partial charge < -0.3 is 10.1 Å². The number of carbonyl (C=O) groups is 2. The summed E-state index contributed by atoms with van der Waals surface area (Å²) < 4.78 is 5.09. The standard InChI is InChI=1S/C12H22N2O3/c1-3-13-10(9-17-2)8-14-11(15)6-4-5-7-12(14)16/h10,13H,3-9H2,1-2H3. The highest BCUT2D eigenvalue weighted by atomic mass is 16.5. The van der Waals surface area contributed by atoms with E-state index in [2.05, 4.69) is 5.32 Å². The van der Waals surface area contributed by atoms with Crippen molar-refractivity contribution in [3.8, 4) is 0 Å². The molecule has 2 amide bonds. The van der Waals surface area contributed by atoms with Crippen molar-refractivity contribution in [1.29, 1.82) is 0 Å². The number of likely N-dealkylation sites (N-methyl/N-ethyl adjacent to an activating group) is 1. The molecule has 5 nitrogen and oxygen atoms in total. The Hall–Kier alpha value is -0.940. The Morgan fingerprint density at radius 3 is 2.35 bits per heavy atom. The van der Waals surface area contributed by atoms with Gasteiger partial charge in [0, 0.05) is 32.5 Å². The molecule has 1 fully saturated rings. The third kappa shape index (κ3) is 4.44. The van der Waals surface area contributed by atoms with E-state index in [4.69, 9.17) is 4.74 Å². The molecule has 1 atom stereocenters. The quantitative estimate of drug-likeness (QED) is 0.691. The molecule has 1 rings (SSSR count). The average Bonchev–Trinajstić information content (AvgIpc) is 2.45. The maximum atomic E-state index is 11.8. The number of ether oxygens (including phenoxy) is 1. The second-order valence-corrected chi connectivity index (χ2v) is 4.32. The summed E-state index contributed by atoms with van der Waals surface area (Å²) in [5.74, 6) is -0.0991. The predicted octanol–water partition coefficient (Wildman–Crippen LogP) is 0.540. The minimum absolute atomic E-state index is 0.0241. The van der Waals surface area contributed by atoms with E-state index < -0.39 is 0 Å². The Balaban J connectivity index is 2.60. The lowest BCUT2D eigenvalue weighted by molar-refractivity contribution is -0.144. The van der Waals surface area contributed by atoms with Crippen LogP contribution in [0.25, 0.3) is 0 Å². The van der Waals surface area contributed by atoms with Crippen LogP contribution in [0.15, 0.2) is 0 Å². The average molecular weight is 242 g/mol. The lowest BCUT2D eigenvalue weighted by Gasteiger charge is -2.25. The fourth-order valence-electron chi connectivity index (χ4n) is 2.05. The zero-order chi connectivity index (χ0) is 12.7. The summed E-state index contributed by atoms with van der Waals surface area (Å²) in [6, 6.07) is 0.0241. The zero-order valence-corrected chi connectivity index (χ0v) is 10.7. The Morgan fingerprint density at radius 2 is 1.88 bits per heavy atom. The van der Waals surface area contributed by atoms with Gasteiger partial charge in [-0.2, -0.15) is 0 Å². The Kier molecular flexibility index (Phi) is 6.15. The fourth-order valence-corrected chi connectivity index (χ4v) is 2.05. The van der Waals surface area contributed by atoms with Crippen molar-refractivity contribution in [2.24, 2.45) is 0 Å². The van der Waals surface area contributed by atoms with E-state index in [0.717, 1.165) is 19.4 Å². The summed E-state index contributed by atoms with van der Waals surface area (Å²) in [6.45, 7) is 3.71. The van der Waals surface area contributed by atoms with Crippen molar-refractivity contribution in [3.63, 3.8) is 0 Å². The van der Waals surface area contributed by atoms with E-state index >= 15 is 0 Å². The number of hydrogen-bond acceptors (Lipinski definition) is 4. The van der Waals surface area contributed by atoms with Crippen molar-refractivity contribution in [2.45, 2.75) is 38.6 Å². The molecule has 0 aromatic heterocycles. The maximum absolute atomic E-state index is 11.8. The summed E-state index contributed by atoms with van der Waals surface area (Å²) in [4.78, 5) is 25.0. The predicted molar refractivity (Wildman–Crippen MR) is 64.5 cm³/mol. The Morgan fingerprint density at radius 1 is 1.29 bits per heavy atom. The second kappa shape index (κ2) is 7.40. The van der Waals surface area contributed by atoms with Crippen molar-refractivity contribution in [1.82, 2.24) is 10.2 Å². The number of amides is 2. The second-order valence-electron chi connectivity index (χ2n) is 4.32. The molecule has 0 saturated carbocycles. The number of nitrogens with one attached hydrogen (secondary N) is 1. The first-order chi connectivity index (χ1) is 8.19.